The first kappa shape index (κ1) is 23.1. The van der Waals surface area contributed by atoms with E-state index in [-0.39, 0.29) is 42.2 Å². The number of unbranched alkanes of at least 4 members (excludes halogenated alkanes) is 2. The van der Waals surface area contributed by atoms with Crippen molar-refractivity contribution in [3.63, 3.8) is 0 Å². The molecule has 0 saturated heterocycles. The molecule has 0 aliphatic rings. The Morgan fingerprint density at radius 1 is 1.00 bits per heavy atom. The van der Waals surface area contributed by atoms with E-state index < -0.39 is 0 Å². The SMILES string of the molecule is CCCCCc1cc[c-](-c2cccc3cccnc23)c1C.[Cl-].[Cl-].[Cr+3]. The topological polar surface area (TPSA) is 12.9 Å². The largest absolute Gasteiger partial charge is 3.00 e. The molecule has 0 N–H and O–H groups in total. The van der Waals surface area contributed by atoms with Crippen LogP contribution in [0.4, 0.5) is 0 Å². The van der Waals surface area contributed by atoms with Crippen LogP contribution in [0, 0.1) is 6.92 Å². The fourth-order valence-corrected chi connectivity index (χ4v) is 3.06. The van der Waals surface area contributed by atoms with Gasteiger partial charge in [-0.1, -0.05) is 68.9 Å². The van der Waals surface area contributed by atoms with Crippen molar-refractivity contribution in [2.75, 3.05) is 0 Å². The van der Waals surface area contributed by atoms with Crippen LogP contribution in [0.2, 0.25) is 0 Å². The zero-order valence-corrected chi connectivity index (χ0v) is 16.8. The van der Waals surface area contributed by atoms with Gasteiger partial charge in [-0.05, 0) is 11.5 Å². The third kappa shape index (κ3) is 4.81. The first-order valence-corrected chi connectivity index (χ1v) is 7.90. The molecule has 0 spiro atoms. The number of hydrogen-bond acceptors (Lipinski definition) is 1. The molecule has 1 radical (unpaired) electrons. The quantitative estimate of drug-likeness (QED) is 0.423. The van der Waals surface area contributed by atoms with Gasteiger partial charge in [-0.25, -0.2) is 0 Å². The van der Waals surface area contributed by atoms with Gasteiger partial charge in [-0.3, -0.25) is 4.98 Å². The molecule has 0 amide bonds. The molecule has 3 aromatic rings. The molecule has 1 heterocycles. The van der Waals surface area contributed by atoms with Gasteiger partial charge < -0.3 is 24.8 Å². The first-order chi connectivity index (χ1) is 10.3. The zero-order chi connectivity index (χ0) is 14.7. The van der Waals surface area contributed by atoms with E-state index >= 15 is 0 Å². The maximum atomic E-state index is 4.58. The summed E-state index contributed by atoms with van der Waals surface area (Å²) < 4.78 is 0. The number of pyridine rings is 1. The molecule has 0 atom stereocenters. The number of aromatic nitrogens is 1. The minimum Gasteiger partial charge on any atom is -1.00 e. The number of benzene rings is 1. The summed E-state index contributed by atoms with van der Waals surface area (Å²) in [5.74, 6) is 0. The number of aryl methyl sites for hydroxylation is 1. The number of fused-ring (bicyclic) bond motifs is 1. The minimum atomic E-state index is 0. The fraction of sp³-hybridized carbons (Fsp3) is 0.300. The summed E-state index contributed by atoms with van der Waals surface area (Å²) in [6, 6.07) is 15.1. The number of halogens is 2. The monoisotopic (exact) mass is 398 g/mol. The van der Waals surface area contributed by atoms with Gasteiger partial charge in [0.05, 0.1) is 0 Å². The summed E-state index contributed by atoms with van der Waals surface area (Å²) in [5.41, 5.74) is 6.61. The van der Waals surface area contributed by atoms with Crippen LogP contribution in [-0.4, -0.2) is 4.98 Å². The average Bonchev–Trinajstić information content (AvgIpc) is 2.88. The average molecular weight is 399 g/mol. The smallest absolute Gasteiger partial charge is 1.00 e. The number of nitrogens with zero attached hydrogens (tertiary/aromatic N) is 1. The molecule has 0 bridgehead atoms. The Morgan fingerprint density at radius 3 is 2.50 bits per heavy atom. The van der Waals surface area contributed by atoms with E-state index in [1.54, 1.807) is 0 Å². The van der Waals surface area contributed by atoms with Crippen LogP contribution in [0.1, 0.15) is 37.3 Å². The molecule has 0 unspecified atom stereocenters. The molecule has 0 aliphatic heterocycles. The molecular formula is C20H22Cl2CrN. The maximum Gasteiger partial charge on any atom is 3.00 e. The first-order valence-electron chi connectivity index (χ1n) is 7.90. The molecule has 2 aromatic carbocycles. The van der Waals surface area contributed by atoms with Crippen LogP contribution in [0.15, 0.2) is 48.7 Å². The number of rotatable bonds is 5. The van der Waals surface area contributed by atoms with Gasteiger partial charge in [0.15, 0.2) is 0 Å². The summed E-state index contributed by atoms with van der Waals surface area (Å²) in [7, 11) is 0. The van der Waals surface area contributed by atoms with Gasteiger partial charge in [-0.2, -0.15) is 0 Å². The molecule has 4 heteroatoms. The van der Waals surface area contributed by atoms with Gasteiger partial charge in [-0.15, -0.1) is 29.3 Å². The molecular weight excluding hydrogens is 377 g/mol. The van der Waals surface area contributed by atoms with Gasteiger partial charge in [0.25, 0.3) is 0 Å². The van der Waals surface area contributed by atoms with Crippen LogP contribution in [-0.2, 0) is 23.8 Å². The summed E-state index contributed by atoms with van der Waals surface area (Å²) in [5, 5.41) is 1.21. The normalized spacial score (nSPS) is 9.75. The Balaban J connectivity index is 0.00000176. The Kier molecular flexibility index (Phi) is 10.4. The van der Waals surface area contributed by atoms with Gasteiger partial charge in [0.1, 0.15) is 0 Å². The molecule has 1 nitrogen and oxygen atoms in total. The second-order valence-electron chi connectivity index (χ2n) is 5.74. The van der Waals surface area contributed by atoms with Crippen LogP contribution < -0.4 is 24.8 Å². The van der Waals surface area contributed by atoms with Crippen LogP contribution >= 0.6 is 0 Å². The molecule has 1 aromatic heterocycles. The van der Waals surface area contributed by atoms with Crippen molar-refractivity contribution in [1.82, 2.24) is 4.98 Å². The van der Waals surface area contributed by atoms with E-state index in [0.717, 1.165) is 5.52 Å². The second kappa shape index (κ2) is 10.9. The Hall–Kier alpha value is -0.908. The van der Waals surface area contributed by atoms with Crippen molar-refractivity contribution in [3.8, 4) is 11.1 Å². The second-order valence-corrected chi connectivity index (χ2v) is 5.74. The Labute approximate surface area is 168 Å². The van der Waals surface area contributed by atoms with E-state index in [2.05, 4.69) is 55.2 Å². The van der Waals surface area contributed by atoms with E-state index in [9.17, 15) is 0 Å². The van der Waals surface area contributed by atoms with Crippen molar-refractivity contribution in [1.29, 1.82) is 0 Å². The van der Waals surface area contributed by atoms with Crippen molar-refractivity contribution in [3.05, 3.63) is 59.8 Å². The summed E-state index contributed by atoms with van der Waals surface area (Å²) in [6.07, 6.45) is 6.95. The molecule has 24 heavy (non-hydrogen) atoms. The van der Waals surface area contributed by atoms with Gasteiger partial charge in [0, 0.05) is 11.7 Å². The molecule has 0 fully saturated rings. The van der Waals surface area contributed by atoms with Gasteiger partial charge >= 0.3 is 17.4 Å². The van der Waals surface area contributed by atoms with E-state index in [4.69, 9.17) is 0 Å². The Bertz CT molecular complexity index is 747. The zero-order valence-electron chi connectivity index (χ0n) is 14.1. The molecule has 0 saturated carbocycles. The van der Waals surface area contributed by atoms with Crippen molar-refractivity contribution < 1.29 is 42.2 Å². The standard InChI is InChI=1S/C20H22N.2ClH.Cr/c1-3-4-5-8-16-12-13-18(15(16)2)19-11-6-9-17-10-7-14-21-20(17)19;;;/h6-7,9-14H,3-5,8H2,1-2H3;2*1H;/q-1;;;+3/p-2. The summed E-state index contributed by atoms with van der Waals surface area (Å²) in [6.45, 7) is 4.50. The van der Waals surface area contributed by atoms with Crippen molar-refractivity contribution in [2.24, 2.45) is 0 Å². The van der Waals surface area contributed by atoms with E-state index in [0.29, 0.717) is 0 Å². The van der Waals surface area contributed by atoms with Gasteiger partial charge in [0.2, 0.25) is 0 Å². The number of para-hydroxylation sites is 1. The third-order valence-corrected chi connectivity index (χ3v) is 4.31. The van der Waals surface area contributed by atoms with Crippen LogP contribution in [0.3, 0.4) is 0 Å². The summed E-state index contributed by atoms with van der Waals surface area (Å²) >= 11 is 0. The van der Waals surface area contributed by atoms with Crippen LogP contribution in [0.25, 0.3) is 22.0 Å². The molecule has 127 valence electrons. The molecule has 3 rings (SSSR count). The predicted molar refractivity (Wildman–Crippen MR) is 90.7 cm³/mol. The maximum absolute atomic E-state index is 4.58. The Morgan fingerprint density at radius 2 is 1.75 bits per heavy atom. The van der Waals surface area contributed by atoms with E-state index in [1.807, 2.05) is 12.3 Å². The summed E-state index contributed by atoms with van der Waals surface area (Å²) in [4.78, 5) is 4.58. The predicted octanol–water partition coefficient (Wildman–Crippen LogP) is -0.333. The fourth-order valence-electron chi connectivity index (χ4n) is 3.06. The van der Waals surface area contributed by atoms with Crippen molar-refractivity contribution >= 4 is 10.9 Å². The molecule has 0 aliphatic carbocycles. The van der Waals surface area contributed by atoms with E-state index in [1.165, 1.54) is 53.3 Å². The number of hydrogen-bond donors (Lipinski definition) is 0. The van der Waals surface area contributed by atoms with Crippen molar-refractivity contribution in [2.45, 2.75) is 39.5 Å². The minimum absolute atomic E-state index is 0. The van der Waals surface area contributed by atoms with Crippen LogP contribution in [0.5, 0.6) is 0 Å². The third-order valence-electron chi connectivity index (χ3n) is 4.31.